The molecule has 0 unspecified atom stereocenters. The molecule has 0 saturated heterocycles. The molecule has 0 amide bonds. The van der Waals surface area contributed by atoms with Crippen molar-refractivity contribution in [3.05, 3.63) is 29.3 Å². The number of carbonyl (C=O) groups is 1. The summed E-state index contributed by atoms with van der Waals surface area (Å²) in [5.74, 6) is -0.133. The van der Waals surface area contributed by atoms with Crippen LogP contribution in [0.3, 0.4) is 0 Å². The number of nitrogens with zero attached hydrogens (tertiary/aromatic N) is 1. The van der Waals surface area contributed by atoms with Gasteiger partial charge in [-0.3, -0.25) is 0 Å². The molecule has 0 atom stereocenters. The molecule has 0 heterocycles. The largest absolute Gasteiger partial charge is 0.490 e. The summed E-state index contributed by atoms with van der Waals surface area (Å²) in [6.07, 6.45) is -0.0556. The highest BCUT2D eigenvalue weighted by atomic mass is 16.5. The van der Waals surface area contributed by atoms with Crippen LogP contribution in [0.25, 0.3) is 0 Å². The molecule has 1 aromatic carbocycles. The third-order valence-corrected chi connectivity index (χ3v) is 1.91. The zero-order valence-electron chi connectivity index (χ0n) is 9.48. The predicted molar refractivity (Wildman–Crippen MR) is 58.3 cm³/mol. The van der Waals surface area contributed by atoms with E-state index in [1.165, 1.54) is 13.2 Å². The number of ether oxygens (including phenoxy) is 2. The van der Waals surface area contributed by atoms with E-state index in [1.807, 2.05) is 19.9 Å². The molecule has 0 spiro atoms. The number of carbonyl (C=O) groups excluding carboxylic acids is 1. The van der Waals surface area contributed by atoms with E-state index in [-0.39, 0.29) is 17.2 Å². The molecule has 1 aromatic rings. The quantitative estimate of drug-likeness (QED) is 0.731. The third kappa shape index (κ3) is 2.51. The Bertz CT molecular complexity index is 432. The molecule has 4 heteroatoms. The summed E-state index contributed by atoms with van der Waals surface area (Å²) in [4.78, 5) is 11.4. The maximum absolute atomic E-state index is 11.4. The standard InChI is InChI=1S/C12H13NO3/c1-8(2)16-11-6-4-5-9(10(11)7-13)12(14)15-3/h4-6,8H,1-3H3. The first-order valence-electron chi connectivity index (χ1n) is 4.88. The van der Waals surface area contributed by atoms with Crippen molar-refractivity contribution in [1.29, 1.82) is 5.26 Å². The van der Waals surface area contributed by atoms with Crippen LogP contribution >= 0.6 is 0 Å². The van der Waals surface area contributed by atoms with E-state index < -0.39 is 5.97 Å². The minimum Gasteiger partial charge on any atom is -0.490 e. The van der Waals surface area contributed by atoms with Gasteiger partial charge in [0.25, 0.3) is 0 Å². The first-order valence-corrected chi connectivity index (χ1v) is 4.88. The molecule has 16 heavy (non-hydrogen) atoms. The van der Waals surface area contributed by atoms with Gasteiger partial charge >= 0.3 is 5.97 Å². The summed E-state index contributed by atoms with van der Waals surface area (Å²) in [5.41, 5.74) is 0.436. The minimum absolute atomic E-state index is 0.0556. The van der Waals surface area contributed by atoms with Gasteiger partial charge in [-0.15, -0.1) is 0 Å². The van der Waals surface area contributed by atoms with Gasteiger partial charge in [0, 0.05) is 0 Å². The van der Waals surface area contributed by atoms with Crippen molar-refractivity contribution in [1.82, 2.24) is 0 Å². The lowest BCUT2D eigenvalue weighted by molar-refractivity contribution is 0.0599. The van der Waals surface area contributed by atoms with Gasteiger partial charge in [0.1, 0.15) is 17.4 Å². The zero-order chi connectivity index (χ0) is 12.1. The Morgan fingerprint density at radius 1 is 1.44 bits per heavy atom. The summed E-state index contributed by atoms with van der Waals surface area (Å²) in [6.45, 7) is 3.71. The van der Waals surface area contributed by atoms with Gasteiger partial charge in [-0.25, -0.2) is 4.79 Å². The first-order chi connectivity index (χ1) is 7.60. The normalized spacial score (nSPS) is 9.69. The maximum atomic E-state index is 11.4. The van der Waals surface area contributed by atoms with Crippen LogP contribution in [0.4, 0.5) is 0 Å². The van der Waals surface area contributed by atoms with Crippen LogP contribution < -0.4 is 4.74 Å². The number of hydrogen-bond acceptors (Lipinski definition) is 4. The predicted octanol–water partition coefficient (Wildman–Crippen LogP) is 2.13. The van der Waals surface area contributed by atoms with Gasteiger partial charge in [-0.05, 0) is 26.0 Å². The lowest BCUT2D eigenvalue weighted by Crippen LogP contribution is -2.10. The van der Waals surface area contributed by atoms with Crippen molar-refractivity contribution in [2.45, 2.75) is 20.0 Å². The topological polar surface area (TPSA) is 59.3 Å². The lowest BCUT2D eigenvalue weighted by atomic mass is 10.1. The van der Waals surface area contributed by atoms with Gasteiger partial charge < -0.3 is 9.47 Å². The van der Waals surface area contributed by atoms with Crippen molar-refractivity contribution in [2.24, 2.45) is 0 Å². The average molecular weight is 219 g/mol. The maximum Gasteiger partial charge on any atom is 0.339 e. The Kier molecular flexibility index (Phi) is 3.90. The molecule has 84 valence electrons. The van der Waals surface area contributed by atoms with Crippen LogP contribution in [0.2, 0.25) is 0 Å². The van der Waals surface area contributed by atoms with Crippen LogP contribution in [-0.2, 0) is 4.74 Å². The highest BCUT2D eigenvalue weighted by Crippen LogP contribution is 2.23. The Labute approximate surface area is 94.4 Å². The summed E-state index contributed by atoms with van der Waals surface area (Å²) in [5, 5.41) is 9.02. The summed E-state index contributed by atoms with van der Waals surface area (Å²) in [7, 11) is 1.28. The van der Waals surface area contributed by atoms with Gasteiger partial charge in [-0.2, -0.15) is 5.26 Å². The Balaban J connectivity index is 3.22. The molecule has 0 aliphatic carbocycles. The number of benzene rings is 1. The summed E-state index contributed by atoms with van der Waals surface area (Å²) >= 11 is 0. The number of hydrogen-bond donors (Lipinski definition) is 0. The molecule has 0 radical (unpaired) electrons. The Morgan fingerprint density at radius 3 is 2.62 bits per heavy atom. The van der Waals surface area contributed by atoms with Crippen molar-refractivity contribution in [2.75, 3.05) is 7.11 Å². The molecule has 4 nitrogen and oxygen atoms in total. The molecule has 1 rings (SSSR count). The van der Waals surface area contributed by atoms with Crippen LogP contribution in [-0.4, -0.2) is 19.2 Å². The zero-order valence-corrected chi connectivity index (χ0v) is 9.48. The van der Waals surface area contributed by atoms with Crippen molar-refractivity contribution < 1.29 is 14.3 Å². The molecule has 0 N–H and O–H groups in total. The molecule has 0 aliphatic heterocycles. The van der Waals surface area contributed by atoms with E-state index >= 15 is 0 Å². The van der Waals surface area contributed by atoms with Gasteiger partial charge in [-0.1, -0.05) is 6.07 Å². The van der Waals surface area contributed by atoms with Gasteiger partial charge in [0.2, 0.25) is 0 Å². The van der Waals surface area contributed by atoms with E-state index in [4.69, 9.17) is 10.00 Å². The average Bonchev–Trinajstić information content (AvgIpc) is 2.27. The third-order valence-electron chi connectivity index (χ3n) is 1.91. The van der Waals surface area contributed by atoms with E-state index in [2.05, 4.69) is 4.74 Å². The SMILES string of the molecule is COC(=O)c1cccc(OC(C)C)c1C#N. The van der Waals surface area contributed by atoms with E-state index in [1.54, 1.807) is 12.1 Å². The van der Waals surface area contributed by atoms with E-state index in [0.717, 1.165) is 0 Å². The molecular weight excluding hydrogens is 206 g/mol. The van der Waals surface area contributed by atoms with Crippen molar-refractivity contribution >= 4 is 5.97 Å². The number of rotatable bonds is 3. The fourth-order valence-corrected chi connectivity index (χ4v) is 1.28. The van der Waals surface area contributed by atoms with Crippen LogP contribution in [0.15, 0.2) is 18.2 Å². The van der Waals surface area contributed by atoms with Gasteiger partial charge in [0.15, 0.2) is 0 Å². The van der Waals surface area contributed by atoms with Crippen LogP contribution in [0.1, 0.15) is 29.8 Å². The highest BCUT2D eigenvalue weighted by Gasteiger charge is 2.16. The highest BCUT2D eigenvalue weighted by molar-refractivity contribution is 5.93. The second-order valence-electron chi connectivity index (χ2n) is 3.45. The molecule has 0 saturated carbocycles. The Hall–Kier alpha value is -2.02. The monoisotopic (exact) mass is 219 g/mol. The van der Waals surface area contributed by atoms with Crippen LogP contribution in [0.5, 0.6) is 5.75 Å². The fourth-order valence-electron chi connectivity index (χ4n) is 1.28. The molecular formula is C12H13NO3. The Morgan fingerprint density at radius 2 is 2.12 bits per heavy atom. The molecule has 0 fully saturated rings. The van der Waals surface area contributed by atoms with Crippen molar-refractivity contribution in [3.8, 4) is 11.8 Å². The summed E-state index contributed by atoms with van der Waals surface area (Å²) < 4.78 is 10.0. The number of methoxy groups -OCH3 is 1. The molecule has 0 bridgehead atoms. The van der Waals surface area contributed by atoms with E-state index in [0.29, 0.717) is 5.75 Å². The fraction of sp³-hybridized carbons (Fsp3) is 0.333. The smallest absolute Gasteiger partial charge is 0.339 e. The second kappa shape index (κ2) is 5.17. The molecule has 0 aliphatic rings. The lowest BCUT2D eigenvalue weighted by Gasteiger charge is -2.12. The van der Waals surface area contributed by atoms with E-state index in [9.17, 15) is 4.79 Å². The number of esters is 1. The second-order valence-corrected chi connectivity index (χ2v) is 3.45. The summed E-state index contributed by atoms with van der Waals surface area (Å²) in [6, 6.07) is 6.81. The van der Waals surface area contributed by atoms with Crippen molar-refractivity contribution in [3.63, 3.8) is 0 Å². The van der Waals surface area contributed by atoms with Gasteiger partial charge in [0.05, 0.1) is 18.8 Å². The number of nitriles is 1. The first kappa shape index (κ1) is 12.1. The minimum atomic E-state index is -0.536. The molecule has 0 aromatic heterocycles. The van der Waals surface area contributed by atoms with Crippen LogP contribution in [0, 0.1) is 11.3 Å².